The van der Waals surface area contributed by atoms with Crippen LogP contribution in [0, 0.1) is 0 Å². The van der Waals surface area contributed by atoms with E-state index in [1.807, 2.05) is 35.0 Å². The standard InChI is InChI=1S/C19H26N4O2S/c1-3-22-10-7-15(8-11-22)21-18(24)14-26-19-20-9-12-23(19)16-5-4-6-17(13-16)25-2/h4-6,9,12-13,15H,3,7-8,10-11,14H2,1-2H3,(H,21,24). The first kappa shape index (κ1) is 18.8. The number of imidazole rings is 1. The second kappa shape index (κ2) is 9.09. The molecule has 0 spiro atoms. The molecule has 6 nitrogen and oxygen atoms in total. The number of piperidine rings is 1. The summed E-state index contributed by atoms with van der Waals surface area (Å²) < 4.78 is 7.26. The molecule has 0 saturated carbocycles. The average molecular weight is 375 g/mol. The molecule has 0 radical (unpaired) electrons. The first-order valence-corrected chi connectivity index (χ1v) is 10.0. The molecular formula is C19H26N4O2S. The smallest absolute Gasteiger partial charge is 0.230 e. The summed E-state index contributed by atoms with van der Waals surface area (Å²) in [6, 6.07) is 8.09. The zero-order chi connectivity index (χ0) is 18.4. The van der Waals surface area contributed by atoms with Crippen molar-refractivity contribution in [2.75, 3.05) is 32.5 Å². The number of hydrogen-bond donors (Lipinski definition) is 1. The van der Waals surface area contributed by atoms with Crippen molar-refractivity contribution < 1.29 is 9.53 Å². The van der Waals surface area contributed by atoms with E-state index in [0.29, 0.717) is 11.8 Å². The number of hydrogen-bond acceptors (Lipinski definition) is 5. The Morgan fingerprint density at radius 3 is 2.92 bits per heavy atom. The van der Waals surface area contributed by atoms with Crippen molar-refractivity contribution in [1.29, 1.82) is 0 Å². The highest BCUT2D eigenvalue weighted by atomic mass is 32.2. The van der Waals surface area contributed by atoms with E-state index in [4.69, 9.17) is 4.74 Å². The largest absolute Gasteiger partial charge is 0.497 e. The maximum atomic E-state index is 12.3. The molecule has 1 fully saturated rings. The van der Waals surface area contributed by atoms with Crippen LogP contribution < -0.4 is 10.1 Å². The third-order valence-electron chi connectivity index (χ3n) is 4.67. The first-order valence-electron chi connectivity index (χ1n) is 9.02. The number of carbonyl (C=O) groups excluding carboxylic acids is 1. The molecule has 0 bridgehead atoms. The third-order valence-corrected chi connectivity index (χ3v) is 5.64. The van der Waals surface area contributed by atoms with Crippen LogP contribution in [0.2, 0.25) is 0 Å². The number of amides is 1. The van der Waals surface area contributed by atoms with Gasteiger partial charge in [-0.3, -0.25) is 9.36 Å². The van der Waals surface area contributed by atoms with E-state index in [0.717, 1.165) is 49.1 Å². The van der Waals surface area contributed by atoms with Gasteiger partial charge in [-0.05, 0) is 31.5 Å². The molecule has 26 heavy (non-hydrogen) atoms. The maximum absolute atomic E-state index is 12.3. The van der Waals surface area contributed by atoms with Crippen LogP contribution in [0.4, 0.5) is 0 Å². The van der Waals surface area contributed by atoms with E-state index < -0.39 is 0 Å². The molecule has 1 N–H and O–H groups in total. The summed E-state index contributed by atoms with van der Waals surface area (Å²) in [7, 11) is 1.65. The fraction of sp³-hybridized carbons (Fsp3) is 0.474. The van der Waals surface area contributed by atoms with E-state index in [2.05, 4.69) is 22.1 Å². The minimum absolute atomic E-state index is 0.0742. The SMILES string of the molecule is CCN1CCC(NC(=O)CSc2nccn2-c2cccc(OC)c2)CC1. The molecule has 1 aromatic carbocycles. The van der Waals surface area contributed by atoms with Crippen molar-refractivity contribution in [1.82, 2.24) is 19.8 Å². The van der Waals surface area contributed by atoms with Crippen molar-refractivity contribution in [3.63, 3.8) is 0 Å². The summed E-state index contributed by atoms with van der Waals surface area (Å²) in [5.41, 5.74) is 0.969. The van der Waals surface area contributed by atoms with Gasteiger partial charge in [0.05, 0.1) is 18.6 Å². The van der Waals surface area contributed by atoms with Crippen LogP contribution in [0.25, 0.3) is 5.69 Å². The zero-order valence-electron chi connectivity index (χ0n) is 15.4. The number of likely N-dealkylation sites (tertiary alicyclic amines) is 1. The molecule has 1 saturated heterocycles. The van der Waals surface area contributed by atoms with Gasteiger partial charge in [0, 0.05) is 37.6 Å². The van der Waals surface area contributed by atoms with Crippen LogP contribution >= 0.6 is 11.8 Å². The molecule has 140 valence electrons. The highest BCUT2D eigenvalue weighted by Gasteiger charge is 2.20. The fourth-order valence-electron chi connectivity index (χ4n) is 3.15. The van der Waals surface area contributed by atoms with Gasteiger partial charge in [-0.1, -0.05) is 24.8 Å². The van der Waals surface area contributed by atoms with Gasteiger partial charge >= 0.3 is 0 Å². The van der Waals surface area contributed by atoms with Gasteiger partial charge < -0.3 is 15.0 Å². The van der Waals surface area contributed by atoms with E-state index >= 15 is 0 Å². The Labute approximate surface area is 158 Å². The molecule has 7 heteroatoms. The lowest BCUT2D eigenvalue weighted by molar-refractivity contribution is -0.119. The van der Waals surface area contributed by atoms with Gasteiger partial charge in [-0.25, -0.2) is 4.98 Å². The van der Waals surface area contributed by atoms with Gasteiger partial charge in [0.15, 0.2) is 5.16 Å². The molecule has 3 rings (SSSR count). The fourth-order valence-corrected chi connectivity index (χ4v) is 3.93. The minimum atomic E-state index is 0.0742. The summed E-state index contributed by atoms with van der Waals surface area (Å²) >= 11 is 1.45. The molecular weight excluding hydrogens is 348 g/mol. The third kappa shape index (κ3) is 4.80. The van der Waals surface area contributed by atoms with Gasteiger partial charge in [0.25, 0.3) is 0 Å². The van der Waals surface area contributed by atoms with Crippen LogP contribution in [-0.4, -0.2) is 58.9 Å². The van der Waals surface area contributed by atoms with Gasteiger partial charge in [-0.15, -0.1) is 0 Å². The lowest BCUT2D eigenvalue weighted by atomic mass is 10.1. The Balaban J connectivity index is 1.54. The lowest BCUT2D eigenvalue weighted by Crippen LogP contribution is -2.45. The highest BCUT2D eigenvalue weighted by Crippen LogP contribution is 2.23. The summed E-state index contributed by atoms with van der Waals surface area (Å²) in [4.78, 5) is 19.1. The Kier molecular flexibility index (Phi) is 6.57. The molecule has 2 heterocycles. The topological polar surface area (TPSA) is 59.4 Å². The molecule has 1 aliphatic rings. The summed E-state index contributed by atoms with van der Waals surface area (Å²) in [5, 5.41) is 3.96. The lowest BCUT2D eigenvalue weighted by Gasteiger charge is -2.31. The second-order valence-electron chi connectivity index (χ2n) is 6.35. The Bertz CT molecular complexity index is 726. The average Bonchev–Trinajstić information content (AvgIpc) is 3.16. The van der Waals surface area contributed by atoms with E-state index in [-0.39, 0.29) is 5.91 Å². The number of thioether (sulfide) groups is 1. The van der Waals surface area contributed by atoms with Crippen molar-refractivity contribution in [3.8, 4) is 11.4 Å². The monoisotopic (exact) mass is 374 g/mol. The molecule has 2 aromatic rings. The van der Waals surface area contributed by atoms with Crippen molar-refractivity contribution >= 4 is 17.7 Å². The molecule has 1 aromatic heterocycles. The summed E-state index contributed by atoms with van der Waals surface area (Å²) in [6.45, 7) is 5.40. The quantitative estimate of drug-likeness (QED) is 0.755. The Morgan fingerprint density at radius 1 is 1.38 bits per heavy atom. The predicted octanol–water partition coefficient (Wildman–Crippen LogP) is 2.57. The number of nitrogens with one attached hydrogen (secondary N) is 1. The number of carbonyl (C=O) groups is 1. The number of benzene rings is 1. The molecule has 0 aliphatic carbocycles. The number of nitrogens with zero attached hydrogens (tertiary/aromatic N) is 3. The summed E-state index contributed by atoms with van der Waals surface area (Å²) in [6.07, 6.45) is 5.71. The number of aromatic nitrogens is 2. The van der Waals surface area contributed by atoms with Crippen molar-refractivity contribution in [2.45, 2.75) is 31.0 Å². The Morgan fingerprint density at radius 2 is 2.19 bits per heavy atom. The Hall–Kier alpha value is -1.99. The van der Waals surface area contributed by atoms with Gasteiger partial charge in [0.2, 0.25) is 5.91 Å². The number of rotatable bonds is 7. The second-order valence-corrected chi connectivity index (χ2v) is 7.29. The predicted molar refractivity (Wildman–Crippen MR) is 104 cm³/mol. The minimum Gasteiger partial charge on any atom is -0.497 e. The molecule has 1 amide bonds. The molecule has 0 unspecified atom stereocenters. The van der Waals surface area contributed by atoms with Crippen molar-refractivity contribution in [2.24, 2.45) is 0 Å². The van der Waals surface area contributed by atoms with E-state index in [1.54, 1.807) is 13.3 Å². The number of methoxy groups -OCH3 is 1. The van der Waals surface area contributed by atoms with Crippen molar-refractivity contribution in [3.05, 3.63) is 36.7 Å². The van der Waals surface area contributed by atoms with Crippen LogP contribution in [-0.2, 0) is 4.79 Å². The van der Waals surface area contributed by atoms with Crippen LogP contribution in [0.3, 0.4) is 0 Å². The summed E-state index contributed by atoms with van der Waals surface area (Å²) in [5.74, 6) is 1.24. The van der Waals surface area contributed by atoms with Gasteiger partial charge in [0.1, 0.15) is 5.75 Å². The normalized spacial score (nSPS) is 15.8. The van der Waals surface area contributed by atoms with E-state index in [1.165, 1.54) is 11.8 Å². The number of ether oxygens (including phenoxy) is 1. The highest BCUT2D eigenvalue weighted by molar-refractivity contribution is 7.99. The maximum Gasteiger partial charge on any atom is 0.230 e. The zero-order valence-corrected chi connectivity index (χ0v) is 16.2. The van der Waals surface area contributed by atoms with Crippen LogP contribution in [0.1, 0.15) is 19.8 Å². The molecule has 1 aliphatic heterocycles. The first-order chi connectivity index (χ1) is 12.7. The molecule has 0 atom stereocenters. The van der Waals surface area contributed by atoms with E-state index in [9.17, 15) is 4.79 Å². The van der Waals surface area contributed by atoms with Gasteiger partial charge in [-0.2, -0.15) is 0 Å². The van der Waals surface area contributed by atoms with Crippen LogP contribution in [0.5, 0.6) is 5.75 Å². The van der Waals surface area contributed by atoms with Crippen LogP contribution in [0.15, 0.2) is 41.8 Å².